The molecular formula is C17H12BrClN2O3. The summed E-state index contributed by atoms with van der Waals surface area (Å²) in [5, 5.41) is 4.07. The van der Waals surface area contributed by atoms with E-state index in [9.17, 15) is 4.79 Å². The molecule has 0 unspecified atom stereocenters. The summed E-state index contributed by atoms with van der Waals surface area (Å²) in [6.45, 7) is 0.414. The van der Waals surface area contributed by atoms with Crippen molar-refractivity contribution < 1.29 is 14.1 Å². The number of benzene rings is 2. The molecule has 0 saturated heterocycles. The molecule has 0 aliphatic heterocycles. The number of ether oxygens (including phenoxy) is 1. The van der Waals surface area contributed by atoms with Gasteiger partial charge in [0.05, 0.1) is 9.50 Å². The second-order valence-corrected chi connectivity index (χ2v) is 6.16. The van der Waals surface area contributed by atoms with Gasteiger partial charge in [-0.3, -0.25) is 4.79 Å². The first-order valence-electron chi connectivity index (χ1n) is 6.98. The molecule has 0 aliphatic rings. The minimum atomic E-state index is -0.675. The summed E-state index contributed by atoms with van der Waals surface area (Å²) in [5.74, 6) is 0.251. The molecule has 1 amide bonds. The summed E-state index contributed by atoms with van der Waals surface area (Å²) in [6.07, 6.45) is 0. The maximum Gasteiger partial charge on any atom is 0.272 e. The van der Waals surface area contributed by atoms with Gasteiger partial charge in [0.1, 0.15) is 12.4 Å². The van der Waals surface area contributed by atoms with Gasteiger partial charge in [-0.05, 0) is 39.7 Å². The van der Waals surface area contributed by atoms with E-state index in [0.717, 1.165) is 5.56 Å². The number of nitrogens with zero attached hydrogens (tertiary/aromatic N) is 1. The molecule has 1 heterocycles. The highest BCUT2D eigenvalue weighted by atomic mass is 79.9. The molecule has 0 spiro atoms. The summed E-state index contributed by atoms with van der Waals surface area (Å²) < 4.78 is 11.3. The number of amides is 1. The lowest BCUT2D eigenvalue weighted by Crippen LogP contribution is -2.11. The van der Waals surface area contributed by atoms with Crippen LogP contribution in [0.2, 0.25) is 5.02 Å². The zero-order chi connectivity index (χ0) is 17.1. The fraction of sp³-hybridized carbons (Fsp3) is 0.0588. The lowest BCUT2D eigenvalue weighted by Gasteiger charge is -2.09. The monoisotopic (exact) mass is 406 g/mol. The number of hydrogen-bond donors (Lipinski definition) is 1. The lowest BCUT2D eigenvalue weighted by atomic mass is 10.1. The average Bonchev–Trinajstić information content (AvgIpc) is 2.96. The van der Waals surface area contributed by atoms with Crippen LogP contribution < -0.4 is 10.5 Å². The fourth-order valence-corrected chi connectivity index (χ4v) is 2.91. The van der Waals surface area contributed by atoms with Gasteiger partial charge in [0.15, 0.2) is 11.5 Å². The standard InChI is InChI=1S/C17H12BrClN2O3/c18-14-15(17(20)22)21-24-16(14)11-6-7-13(12(19)8-11)23-9-10-4-2-1-3-5-10/h1-8H,9H2,(H2,20,22). The summed E-state index contributed by atoms with van der Waals surface area (Å²) in [7, 11) is 0. The molecule has 2 aromatic carbocycles. The third-order valence-electron chi connectivity index (χ3n) is 3.30. The molecular weight excluding hydrogens is 396 g/mol. The lowest BCUT2D eigenvalue weighted by molar-refractivity contribution is 0.0991. The Hall–Kier alpha value is -2.31. The first kappa shape index (κ1) is 16.5. The number of carbonyl (C=O) groups is 1. The van der Waals surface area contributed by atoms with Gasteiger partial charge in [-0.2, -0.15) is 0 Å². The van der Waals surface area contributed by atoms with Gasteiger partial charge in [0.25, 0.3) is 5.91 Å². The Kier molecular flexibility index (Phi) is 4.87. The van der Waals surface area contributed by atoms with E-state index in [0.29, 0.717) is 33.2 Å². The van der Waals surface area contributed by atoms with Gasteiger partial charge >= 0.3 is 0 Å². The van der Waals surface area contributed by atoms with Crippen LogP contribution in [0.25, 0.3) is 11.3 Å². The number of rotatable bonds is 5. The molecule has 0 saturated carbocycles. The number of nitrogens with two attached hydrogens (primary N) is 1. The predicted octanol–water partition coefficient (Wildman–Crippen LogP) is 4.44. The van der Waals surface area contributed by atoms with Crippen molar-refractivity contribution in [1.29, 1.82) is 0 Å². The first-order chi connectivity index (χ1) is 11.6. The highest BCUT2D eigenvalue weighted by Gasteiger charge is 2.19. The van der Waals surface area contributed by atoms with E-state index >= 15 is 0 Å². The maximum atomic E-state index is 11.2. The predicted molar refractivity (Wildman–Crippen MR) is 93.9 cm³/mol. The molecule has 0 radical (unpaired) electrons. The van der Waals surface area contributed by atoms with E-state index in [-0.39, 0.29) is 5.69 Å². The smallest absolute Gasteiger partial charge is 0.272 e. The highest BCUT2D eigenvalue weighted by molar-refractivity contribution is 9.10. The van der Waals surface area contributed by atoms with Gasteiger partial charge in [-0.25, -0.2) is 0 Å². The third kappa shape index (κ3) is 3.44. The van der Waals surface area contributed by atoms with E-state index < -0.39 is 5.91 Å². The van der Waals surface area contributed by atoms with E-state index in [1.807, 2.05) is 30.3 Å². The van der Waals surface area contributed by atoms with Crippen LogP contribution in [0.15, 0.2) is 57.5 Å². The van der Waals surface area contributed by atoms with E-state index in [1.165, 1.54) is 0 Å². The third-order valence-corrected chi connectivity index (χ3v) is 4.33. The zero-order valence-corrected chi connectivity index (χ0v) is 14.7. The molecule has 0 bridgehead atoms. The maximum absolute atomic E-state index is 11.2. The van der Waals surface area contributed by atoms with Crippen molar-refractivity contribution in [2.45, 2.75) is 6.61 Å². The topological polar surface area (TPSA) is 78.4 Å². The molecule has 7 heteroatoms. The minimum absolute atomic E-state index is 0.0329. The molecule has 0 aliphatic carbocycles. The van der Waals surface area contributed by atoms with Crippen LogP contribution in [0.1, 0.15) is 16.1 Å². The molecule has 24 heavy (non-hydrogen) atoms. The number of halogens is 2. The van der Waals surface area contributed by atoms with Crippen molar-refractivity contribution in [3.05, 3.63) is 69.3 Å². The molecule has 0 atom stereocenters. The largest absolute Gasteiger partial charge is 0.487 e. The van der Waals surface area contributed by atoms with E-state index in [2.05, 4.69) is 21.1 Å². The number of aromatic nitrogens is 1. The quantitative estimate of drug-likeness (QED) is 0.678. The van der Waals surface area contributed by atoms with Crippen molar-refractivity contribution in [2.24, 2.45) is 5.73 Å². The van der Waals surface area contributed by atoms with E-state index in [4.69, 9.17) is 26.6 Å². The first-order valence-corrected chi connectivity index (χ1v) is 8.15. The molecule has 3 rings (SSSR count). The molecule has 1 aromatic heterocycles. The summed E-state index contributed by atoms with van der Waals surface area (Å²) in [5.41, 5.74) is 6.95. The zero-order valence-electron chi connectivity index (χ0n) is 12.3. The van der Waals surface area contributed by atoms with Gasteiger partial charge in [-0.1, -0.05) is 47.1 Å². The van der Waals surface area contributed by atoms with Gasteiger partial charge in [0, 0.05) is 5.56 Å². The van der Waals surface area contributed by atoms with Gasteiger partial charge in [0.2, 0.25) is 0 Å². The Labute approximate surface area is 151 Å². The number of hydrogen-bond acceptors (Lipinski definition) is 4. The van der Waals surface area contributed by atoms with Crippen molar-refractivity contribution >= 4 is 33.4 Å². The minimum Gasteiger partial charge on any atom is -0.487 e. The Morgan fingerprint density at radius 3 is 2.62 bits per heavy atom. The van der Waals surface area contributed by atoms with Crippen molar-refractivity contribution in [2.75, 3.05) is 0 Å². The van der Waals surface area contributed by atoms with Crippen molar-refractivity contribution in [1.82, 2.24) is 5.16 Å². The van der Waals surface area contributed by atoms with Crippen LogP contribution in [0, 0.1) is 0 Å². The second-order valence-electron chi connectivity index (χ2n) is 4.96. The van der Waals surface area contributed by atoms with Crippen LogP contribution in [0.3, 0.4) is 0 Å². The van der Waals surface area contributed by atoms with Crippen LogP contribution in [0.5, 0.6) is 5.75 Å². The molecule has 3 aromatic rings. The Balaban J connectivity index is 1.81. The van der Waals surface area contributed by atoms with Gasteiger partial charge < -0.3 is 15.0 Å². The SMILES string of the molecule is NC(=O)c1noc(-c2ccc(OCc3ccccc3)c(Cl)c2)c1Br. The van der Waals surface area contributed by atoms with Crippen LogP contribution in [-0.4, -0.2) is 11.1 Å². The highest BCUT2D eigenvalue weighted by Crippen LogP contribution is 2.35. The van der Waals surface area contributed by atoms with E-state index in [1.54, 1.807) is 18.2 Å². The van der Waals surface area contributed by atoms with Crippen molar-refractivity contribution in [3.63, 3.8) is 0 Å². The summed E-state index contributed by atoms with van der Waals surface area (Å²) in [6, 6.07) is 15.0. The fourth-order valence-electron chi connectivity index (χ4n) is 2.11. The Bertz CT molecular complexity index is 881. The average molecular weight is 408 g/mol. The van der Waals surface area contributed by atoms with Crippen LogP contribution in [-0.2, 0) is 6.61 Å². The molecule has 0 fully saturated rings. The normalized spacial score (nSPS) is 10.6. The second kappa shape index (κ2) is 7.07. The summed E-state index contributed by atoms with van der Waals surface area (Å²) in [4.78, 5) is 11.2. The van der Waals surface area contributed by atoms with Crippen LogP contribution in [0.4, 0.5) is 0 Å². The number of primary amides is 1. The van der Waals surface area contributed by atoms with Gasteiger partial charge in [-0.15, -0.1) is 0 Å². The number of carbonyl (C=O) groups excluding carboxylic acids is 1. The Morgan fingerprint density at radius 1 is 1.25 bits per heavy atom. The Morgan fingerprint density at radius 2 is 2.00 bits per heavy atom. The van der Waals surface area contributed by atoms with Crippen molar-refractivity contribution in [3.8, 4) is 17.1 Å². The molecule has 2 N–H and O–H groups in total. The van der Waals surface area contributed by atoms with Crippen LogP contribution >= 0.6 is 27.5 Å². The molecule has 5 nitrogen and oxygen atoms in total. The molecule has 122 valence electrons. The summed E-state index contributed by atoms with van der Waals surface area (Å²) >= 11 is 9.53.